The van der Waals surface area contributed by atoms with E-state index in [0.717, 1.165) is 32.6 Å². The molecule has 0 aliphatic heterocycles. The second kappa shape index (κ2) is 6.76. The molecule has 21 heavy (non-hydrogen) atoms. The third-order valence-electron chi connectivity index (χ3n) is 3.15. The van der Waals surface area contributed by atoms with E-state index in [-0.39, 0.29) is 12.5 Å². The molecule has 2 rings (SSSR count). The fraction of sp³-hybridized carbons (Fsp3) is 0.235. The Balaban J connectivity index is 1.95. The van der Waals surface area contributed by atoms with Crippen LogP contribution in [0.15, 0.2) is 40.9 Å². The minimum Gasteiger partial charge on any atom is -0.483 e. The van der Waals surface area contributed by atoms with Crippen molar-refractivity contribution >= 4 is 27.5 Å². The average molecular weight is 348 g/mol. The van der Waals surface area contributed by atoms with E-state index in [0.29, 0.717) is 0 Å². The Morgan fingerprint density at radius 1 is 1.10 bits per heavy atom. The maximum Gasteiger partial charge on any atom is 0.262 e. The van der Waals surface area contributed by atoms with Crippen LogP contribution in [0, 0.1) is 20.8 Å². The number of carbonyl (C=O) groups is 1. The van der Waals surface area contributed by atoms with E-state index in [1.165, 1.54) is 0 Å². The fourth-order valence-corrected chi connectivity index (χ4v) is 2.35. The van der Waals surface area contributed by atoms with Gasteiger partial charge in [-0.1, -0.05) is 33.6 Å². The second-order valence-electron chi connectivity index (χ2n) is 5.07. The summed E-state index contributed by atoms with van der Waals surface area (Å²) in [6.07, 6.45) is 0. The molecule has 0 saturated carbocycles. The van der Waals surface area contributed by atoms with E-state index in [4.69, 9.17) is 4.74 Å². The number of halogens is 1. The van der Waals surface area contributed by atoms with Crippen LogP contribution in [-0.2, 0) is 4.79 Å². The molecule has 0 fully saturated rings. The van der Waals surface area contributed by atoms with Crippen LogP contribution in [0.25, 0.3) is 0 Å². The Hall–Kier alpha value is -1.81. The summed E-state index contributed by atoms with van der Waals surface area (Å²) in [5, 5.41) is 2.81. The SMILES string of the molecule is Cc1ccc(NC(=O)COc2cc(C)c(Br)cc2C)cc1. The van der Waals surface area contributed by atoms with Gasteiger partial charge in [-0.15, -0.1) is 0 Å². The number of aryl methyl sites for hydroxylation is 3. The molecule has 0 saturated heterocycles. The summed E-state index contributed by atoms with van der Waals surface area (Å²) in [6.45, 7) is 5.95. The van der Waals surface area contributed by atoms with E-state index >= 15 is 0 Å². The normalized spacial score (nSPS) is 10.3. The highest BCUT2D eigenvalue weighted by Gasteiger charge is 2.07. The summed E-state index contributed by atoms with van der Waals surface area (Å²) in [5.41, 5.74) is 4.01. The molecule has 0 bridgehead atoms. The first-order valence-electron chi connectivity index (χ1n) is 6.72. The van der Waals surface area contributed by atoms with Gasteiger partial charge in [0.2, 0.25) is 0 Å². The molecule has 2 aromatic rings. The van der Waals surface area contributed by atoms with Crippen LogP contribution in [0.2, 0.25) is 0 Å². The standard InChI is InChI=1S/C17H18BrNO2/c1-11-4-6-14(7-5-11)19-17(20)10-21-16-9-12(2)15(18)8-13(16)3/h4-9H,10H2,1-3H3,(H,19,20). The largest absolute Gasteiger partial charge is 0.483 e. The minimum atomic E-state index is -0.168. The zero-order valence-electron chi connectivity index (χ0n) is 12.4. The van der Waals surface area contributed by atoms with Crippen molar-refractivity contribution in [2.24, 2.45) is 0 Å². The number of rotatable bonds is 4. The van der Waals surface area contributed by atoms with Crippen molar-refractivity contribution in [3.05, 3.63) is 57.6 Å². The van der Waals surface area contributed by atoms with Crippen LogP contribution in [0.5, 0.6) is 5.75 Å². The second-order valence-corrected chi connectivity index (χ2v) is 5.92. The molecule has 110 valence electrons. The highest BCUT2D eigenvalue weighted by molar-refractivity contribution is 9.10. The smallest absolute Gasteiger partial charge is 0.262 e. The average Bonchev–Trinajstić information content (AvgIpc) is 2.44. The zero-order chi connectivity index (χ0) is 15.4. The summed E-state index contributed by atoms with van der Waals surface area (Å²) in [5.74, 6) is 0.564. The molecule has 0 heterocycles. The van der Waals surface area contributed by atoms with Crippen molar-refractivity contribution in [3.8, 4) is 5.75 Å². The number of ether oxygens (including phenoxy) is 1. The summed E-state index contributed by atoms with van der Waals surface area (Å²) >= 11 is 3.48. The van der Waals surface area contributed by atoms with Crippen LogP contribution in [0.4, 0.5) is 5.69 Å². The number of benzene rings is 2. The molecule has 0 unspecified atom stereocenters. The number of hydrogen-bond acceptors (Lipinski definition) is 2. The van der Waals surface area contributed by atoms with Crippen LogP contribution in [0.1, 0.15) is 16.7 Å². The summed E-state index contributed by atoms with van der Waals surface area (Å²) in [4.78, 5) is 11.9. The Kier molecular flexibility index (Phi) is 5.02. The van der Waals surface area contributed by atoms with Crippen LogP contribution >= 0.6 is 15.9 Å². The van der Waals surface area contributed by atoms with Gasteiger partial charge in [-0.05, 0) is 56.2 Å². The van der Waals surface area contributed by atoms with E-state index in [1.807, 2.05) is 57.2 Å². The van der Waals surface area contributed by atoms with Crippen molar-refractivity contribution in [3.63, 3.8) is 0 Å². The monoisotopic (exact) mass is 347 g/mol. The topological polar surface area (TPSA) is 38.3 Å². The predicted molar refractivity (Wildman–Crippen MR) is 88.9 cm³/mol. The lowest BCUT2D eigenvalue weighted by Gasteiger charge is -2.11. The third-order valence-corrected chi connectivity index (χ3v) is 4.00. The molecule has 1 amide bonds. The number of hydrogen-bond donors (Lipinski definition) is 1. The van der Waals surface area contributed by atoms with Gasteiger partial charge in [0.25, 0.3) is 5.91 Å². The Bertz CT molecular complexity index is 651. The molecule has 2 aromatic carbocycles. The highest BCUT2D eigenvalue weighted by Crippen LogP contribution is 2.26. The molecule has 4 heteroatoms. The molecule has 1 N–H and O–H groups in total. The van der Waals surface area contributed by atoms with Crippen molar-refractivity contribution in [1.82, 2.24) is 0 Å². The maximum absolute atomic E-state index is 11.9. The Labute approximate surface area is 133 Å². The summed E-state index contributed by atoms with van der Waals surface area (Å²) in [6, 6.07) is 11.6. The molecule has 0 aliphatic carbocycles. The number of amides is 1. The van der Waals surface area contributed by atoms with E-state index in [2.05, 4.69) is 21.2 Å². The van der Waals surface area contributed by atoms with Crippen molar-refractivity contribution < 1.29 is 9.53 Å². The molecule has 0 atom stereocenters. The van der Waals surface area contributed by atoms with Gasteiger partial charge in [-0.2, -0.15) is 0 Å². The van der Waals surface area contributed by atoms with E-state index in [9.17, 15) is 4.79 Å². The predicted octanol–water partition coefficient (Wildman–Crippen LogP) is 4.39. The lowest BCUT2D eigenvalue weighted by Crippen LogP contribution is -2.20. The molecular weight excluding hydrogens is 330 g/mol. The molecule has 3 nitrogen and oxygen atoms in total. The third kappa shape index (κ3) is 4.33. The first-order chi connectivity index (χ1) is 9.95. The van der Waals surface area contributed by atoms with Crippen molar-refractivity contribution in [2.45, 2.75) is 20.8 Å². The van der Waals surface area contributed by atoms with Crippen LogP contribution < -0.4 is 10.1 Å². The molecule has 0 radical (unpaired) electrons. The minimum absolute atomic E-state index is 0.00418. The van der Waals surface area contributed by atoms with Gasteiger partial charge in [-0.3, -0.25) is 4.79 Å². The molecule has 0 aromatic heterocycles. The van der Waals surface area contributed by atoms with Crippen LogP contribution in [-0.4, -0.2) is 12.5 Å². The molecule has 0 spiro atoms. The van der Waals surface area contributed by atoms with Crippen molar-refractivity contribution in [2.75, 3.05) is 11.9 Å². The van der Waals surface area contributed by atoms with Gasteiger partial charge in [0.15, 0.2) is 6.61 Å². The van der Waals surface area contributed by atoms with Gasteiger partial charge in [-0.25, -0.2) is 0 Å². The van der Waals surface area contributed by atoms with Gasteiger partial charge < -0.3 is 10.1 Å². The Morgan fingerprint density at radius 2 is 1.76 bits per heavy atom. The van der Waals surface area contributed by atoms with Crippen LogP contribution in [0.3, 0.4) is 0 Å². The lowest BCUT2D eigenvalue weighted by molar-refractivity contribution is -0.118. The zero-order valence-corrected chi connectivity index (χ0v) is 14.0. The van der Waals surface area contributed by atoms with Gasteiger partial charge in [0, 0.05) is 10.2 Å². The first-order valence-corrected chi connectivity index (χ1v) is 7.51. The van der Waals surface area contributed by atoms with Gasteiger partial charge in [0.05, 0.1) is 0 Å². The molecular formula is C17H18BrNO2. The lowest BCUT2D eigenvalue weighted by atomic mass is 10.1. The first kappa shape index (κ1) is 15.6. The number of anilines is 1. The quantitative estimate of drug-likeness (QED) is 0.890. The molecule has 0 aliphatic rings. The Morgan fingerprint density at radius 3 is 2.43 bits per heavy atom. The van der Waals surface area contributed by atoms with Crippen molar-refractivity contribution in [1.29, 1.82) is 0 Å². The van der Waals surface area contributed by atoms with Gasteiger partial charge >= 0.3 is 0 Å². The highest BCUT2D eigenvalue weighted by atomic mass is 79.9. The maximum atomic E-state index is 11.9. The van der Waals surface area contributed by atoms with E-state index in [1.54, 1.807) is 0 Å². The van der Waals surface area contributed by atoms with Gasteiger partial charge in [0.1, 0.15) is 5.75 Å². The fourth-order valence-electron chi connectivity index (χ4n) is 1.89. The van der Waals surface area contributed by atoms with E-state index < -0.39 is 0 Å². The number of carbonyl (C=O) groups excluding carboxylic acids is 1. The number of nitrogens with one attached hydrogen (secondary N) is 1. The summed E-state index contributed by atoms with van der Waals surface area (Å²) in [7, 11) is 0. The summed E-state index contributed by atoms with van der Waals surface area (Å²) < 4.78 is 6.64.